The fraction of sp³-hybridized carbons (Fsp3) is 0.435. The van der Waals surface area contributed by atoms with E-state index in [0.717, 1.165) is 17.4 Å². The first-order chi connectivity index (χ1) is 15.7. The summed E-state index contributed by atoms with van der Waals surface area (Å²) in [5, 5.41) is 2.82. The molecule has 1 aromatic carbocycles. The summed E-state index contributed by atoms with van der Waals surface area (Å²) in [5.74, 6) is -0.295. The number of piperidine rings is 1. The molecular weight excluding hydrogens is 454 g/mol. The Morgan fingerprint density at radius 3 is 2.52 bits per heavy atom. The van der Waals surface area contributed by atoms with Gasteiger partial charge in [0.1, 0.15) is 5.69 Å². The Balaban J connectivity index is 1.96. The van der Waals surface area contributed by atoms with Gasteiger partial charge in [0.2, 0.25) is 11.8 Å². The Kier molecular flexibility index (Phi) is 8.07. The first-order valence-electron chi connectivity index (χ1n) is 10.7. The first kappa shape index (κ1) is 24.7. The molecule has 2 aromatic rings. The van der Waals surface area contributed by atoms with Gasteiger partial charge in [-0.3, -0.25) is 9.69 Å². The van der Waals surface area contributed by atoms with Crippen LogP contribution in [0.2, 0.25) is 5.02 Å². The van der Waals surface area contributed by atoms with Crippen LogP contribution in [-0.2, 0) is 4.79 Å². The number of amides is 3. The Morgan fingerprint density at radius 1 is 1.24 bits per heavy atom. The maximum absolute atomic E-state index is 13.6. The van der Waals surface area contributed by atoms with E-state index in [9.17, 15) is 18.4 Å². The number of carbonyl (C=O) groups is 2. The summed E-state index contributed by atoms with van der Waals surface area (Å²) >= 11 is 5.99. The fourth-order valence-corrected chi connectivity index (χ4v) is 4.13. The average Bonchev–Trinajstić information content (AvgIpc) is 2.76. The Hall–Kier alpha value is -2.94. The number of para-hydroxylation sites is 1. The third-order valence-corrected chi connectivity index (χ3v) is 5.78. The number of urea groups is 1. The van der Waals surface area contributed by atoms with Crippen LogP contribution in [-0.4, -0.2) is 47.6 Å². The summed E-state index contributed by atoms with van der Waals surface area (Å²) in [6.45, 7) is 3.52. The monoisotopic (exact) mass is 480 g/mol. The lowest BCUT2D eigenvalue weighted by Gasteiger charge is -2.39. The Labute approximate surface area is 196 Å². The van der Waals surface area contributed by atoms with Gasteiger partial charge in [-0.2, -0.15) is 8.78 Å². The van der Waals surface area contributed by atoms with Crippen molar-refractivity contribution in [2.75, 3.05) is 23.3 Å². The minimum atomic E-state index is -3.11. The van der Waals surface area contributed by atoms with E-state index in [0.29, 0.717) is 25.9 Å². The zero-order valence-corrected chi connectivity index (χ0v) is 19.5. The van der Waals surface area contributed by atoms with Gasteiger partial charge in [-0.1, -0.05) is 43.6 Å². The number of ether oxygens (including phenoxy) is 1. The molecule has 1 fully saturated rings. The zero-order chi connectivity index (χ0) is 24.1. The van der Waals surface area contributed by atoms with Crippen molar-refractivity contribution in [2.45, 2.75) is 52.2 Å². The van der Waals surface area contributed by atoms with Crippen molar-refractivity contribution in [3.63, 3.8) is 0 Å². The molecule has 0 unspecified atom stereocenters. The predicted octanol–water partition coefficient (Wildman–Crippen LogP) is 5.51. The summed E-state index contributed by atoms with van der Waals surface area (Å²) in [7, 11) is 0. The van der Waals surface area contributed by atoms with Crippen LogP contribution in [0.3, 0.4) is 0 Å². The second-order valence-corrected chi connectivity index (χ2v) is 8.57. The number of rotatable bonds is 6. The quantitative estimate of drug-likeness (QED) is 0.591. The van der Waals surface area contributed by atoms with E-state index in [1.807, 2.05) is 38.1 Å². The molecule has 178 valence electrons. The number of carbonyl (C=O) groups excluding carboxylic acids is 2. The summed E-state index contributed by atoms with van der Waals surface area (Å²) < 4.78 is 30.1. The third kappa shape index (κ3) is 6.10. The van der Waals surface area contributed by atoms with Gasteiger partial charge < -0.3 is 15.0 Å². The molecule has 0 atom stereocenters. The molecule has 0 aliphatic carbocycles. The van der Waals surface area contributed by atoms with Crippen LogP contribution in [0.4, 0.5) is 25.0 Å². The summed E-state index contributed by atoms with van der Waals surface area (Å²) in [5.41, 5.74) is 1.63. The van der Waals surface area contributed by atoms with Gasteiger partial charge in [-0.25, -0.2) is 9.78 Å². The lowest BCUT2D eigenvalue weighted by atomic mass is 9.97. The predicted molar refractivity (Wildman–Crippen MR) is 123 cm³/mol. The van der Waals surface area contributed by atoms with E-state index in [-0.39, 0.29) is 28.6 Å². The smallest absolute Gasteiger partial charge is 0.388 e. The number of aromatic nitrogens is 1. The molecule has 10 heteroatoms. The molecule has 3 amide bonds. The molecule has 3 rings (SSSR count). The number of nitrogens with one attached hydrogen (secondary N) is 1. The summed E-state index contributed by atoms with van der Waals surface area (Å²) in [4.78, 5) is 32.5. The molecule has 0 radical (unpaired) electrons. The van der Waals surface area contributed by atoms with E-state index in [2.05, 4.69) is 15.0 Å². The lowest BCUT2D eigenvalue weighted by Crippen LogP contribution is -2.50. The number of nitrogens with zero attached hydrogens (tertiary/aromatic N) is 3. The second-order valence-electron chi connectivity index (χ2n) is 8.14. The molecule has 1 aliphatic heterocycles. The first-order valence-corrected chi connectivity index (χ1v) is 11.1. The summed E-state index contributed by atoms with van der Waals surface area (Å²) in [6.07, 6.45) is 2.32. The molecule has 0 bridgehead atoms. The number of benzene rings is 1. The van der Waals surface area contributed by atoms with Crippen LogP contribution in [0.5, 0.6) is 5.88 Å². The number of alkyl halides is 2. The third-order valence-electron chi connectivity index (χ3n) is 5.57. The van der Waals surface area contributed by atoms with Crippen LogP contribution in [0.25, 0.3) is 0 Å². The maximum atomic E-state index is 13.6. The molecule has 1 aromatic heterocycles. The fourth-order valence-electron chi connectivity index (χ4n) is 3.98. The van der Waals surface area contributed by atoms with E-state index in [4.69, 9.17) is 11.6 Å². The van der Waals surface area contributed by atoms with Crippen molar-refractivity contribution in [2.24, 2.45) is 0 Å². The highest BCUT2D eigenvalue weighted by atomic mass is 35.5. The van der Waals surface area contributed by atoms with Crippen LogP contribution in [0.1, 0.15) is 45.1 Å². The number of hydrogen-bond acceptors (Lipinski definition) is 4. The largest absolute Gasteiger partial charge is 0.415 e. The number of anilines is 2. The summed E-state index contributed by atoms with van der Waals surface area (Å²) in [6, 6.07) is 8.16. The van der Waals surface area contributed by atoms with Gasteiger partial charge in [0.15, 0.2) is 0 Å². The minimum absolute atomic E-state index is 0.00850. The van der Waals surface area contributed by atoms with Gasteiger partial charge in [-0.15, -0.1) is 0 Å². The van der Waals surface area contributed by atoms with Crippen LogP contribution >= 0.6 is 11.6 Å². The van der Waals surface area contributed by atoms with Crippen LogP contribution in [0, 0.1) is 0 Å². The zero-order valence-electron chi connectivity index (χ0n) is 18.7. The van der Waals surface area contributed by atoms with E-state index in [1.54, 1.807) is 9.80 Å². The van der Waals surface area contributed by atoms with Crippen LogP contribution < -0.4 is 15.0 Å². The Bertz CT molecular complexity index is 997. The standard InChI is InChI=1S/C23H27ClF2N4O3/c1-14(2)18-6-4-5-7-20(18)30(17-8-10-29(11-9-17)15(3)31)23(32)28-19-12-16(24)13-27-21(19)33-22(25)26/h4-7,12-14,17,22H,8-11H2,1-3H3,(H,28,32). The molecule has 0 spiro atoms. The molecule has 1 aliphatic rings. The molecule has 1 N–H and O–H groups in total. The van der Waals surface area contributed by atoms with E-state index < -0.39 is 18.5 Å². The van der Waals surface area contributed by atoms with Gasteiger partial charge in [-0.05, 0) is 36.5 Å². The topological polar surface area (TPSA) is 74.8 Å². The van der Waals surface area contributed by atoms with Crippen molar-refractivity contribution in [1.82, 2.24) is 9.88 Å². The molecule has 1 saturated heterocycles. The maximum Gasteiger partial charge on any atom is 0.388 e. The van der Waals surface area contributed by atoms with Crippen molar-refractivity contribution in [1.29, 1.82) is 0 Å². The highest BCUT2D eigenvalue weighted by Gasteiger charge is 2.32. The van der Waals surface area contributed by atoms with Crippen LogP contribution in [0.15, 0.2) is 36.5 Å². The highest BCUT2D eigenvalue weighted by Crippen LogP contribution is 2.33. The van der Waals surface area contributed by atoms with E-state index >= 15 is 0 Å². The van der Waals surface area contributed by atoms with Gasteiger partial charge in [0.05, 0.1) is 5.02 Å². The van der Waals surface area contributed by atoms with Crippen molar-refractivity contribution in [3.8, 4) is 5.88 Å². The lowest BCUT2D eigenvalue weighted by molar-refractivity contribution is -0.129. The Morgan fingerprint density at radius 2 is 1.91 bits per heavy atom. The number of halogens is 3. The second kappa shape index (κ2) is 10.8. The minimum Gasteiger partial charge on any atom is -0.415 e. The molecular formula is C23H27ClF2N4O3. The van der Waals surface area contributed by atoms with Crippen molar-refractivity contribution in [3.05, 3.63) is 47.1 Å². The van der Waals surface area contributed by atoms with Crippen molar-refractivity contribution >= 4 is 34.9 Å². The highest BCUT2D eigenvalue weighted by molar-refractivity contribution is 6.30. The SMILES string of the molecule is CC(=O)N1CCC(N(C(=O)Nc2cc(Cl)cnc2OC(F)F)c2ccccc2C(C)C)CC1. The van der Waals surface area contributed by atoms with Gasteiger partial charge >= 0.3 is 12.6 Å². The average molecular weight is 481 g/mol. The molecule has 33 heavy (non-hydrogen) atoms. The molecule has 2 heterocycles. The number of hydrogen-bond donors (Lipinski definition) is 1. The van der Waals surface area contributed by atoms with Gasteiger partial charge in [0.25, 0.3) is 0 Å². The normalized spacial score (nSPS) is 14.5. The number of pyridine rings is 1. The van der Waals surface area contributed by atoms with Gasteiger partial charge in [0, 0.05) is 37.9 Å². The van der Waals surface area contributed by atoms with E-state index in [1.165, 1.54) is 13.0 Å². The molecule has 7 nitrogen and oxygen atoms in total. The molecule has 0 saturated carbocycles. The number of likely N-dealkylation sites (tertiary alicyclic amines) is 1. The van der Waals surface area contributed by atoms with Crippen molar-refractivity contribution < 1.29 is 23.1 Å².